The lowest BCUT2D eigenvalue weighted by molar-refractivity contribution is 0.0932. The molecule has 2 aromatic heterocycles. The van der Waals surface area contributed by atoms with Gasteiger partial charge in [-0.2, -0.15) is 4.52 Å². The van der Waals surface area contributed by atoms with Crippen molar-refractivity contribution in [3.8, 4) is 0 Å². The number of benzene rings is 1. The first-order chi connectivity index (χ1) is 13.3. The van der Waals surface area contributed by atoms with E-state index < -0.39 is 0 Å². The van der Waals surface area contributed by atoms with Crippen LogP contribution in [0.2, 0.25) is 0 Å². The van der Waals surface area contributed by atoms with Crippen LogP contribution in [0.15, 0.2) is 48.7 Å². The number of aromatic nitrogens is 4. The minimum Gasteiger partial charge on any atom is -0.350 e. The zero-order valence-corrected chi connectivity index (χ0v) is 15.3. The van der Waals surface area contributed by atoms with Crippen molar-refractivity contribution in [3.63, 3.8) is 0 Å². The minimum atomic E-state index is -0.108. The molecule has 3 aromatic rings. The molecule has 1 atom stereocenters. The van der Waals surface area contributed by atoms with Crippen molar-refractivity contribution in [1.82, 2.24) is 30.3 Å². The Morgan fingerprint density at radius 2 is 1.81 bits per heavy atom. The van der Waals surface area contributed by atoms with Crippen LogP contribution in [0.3, 0.4) is 0 Å². The fourth-order valence-electron chi connectivity index (χ4n) is 3.71. The summed E-state index contributed by atoms with van der Waals surface area (Å²) in [5.74, 6) is -0.108. The molecule has 1 aliphatic heterocycles. The lowest BCUT2D eigenvalue weighted by Crippen LogP contribution is -2.38. The predicted molar refractivity (Wildman–Crippen MR) is 102 cm³/mol. The Morgan fingerprint density at radius 1 is 1.04 bits per heavy atom. The van der Waals surface area contributed by atoms with Crippen molar-refractivity contribution >= 4 is 11.6 Å². The molecule has 0 spiro atoms. The second-order valence-electron chi connectivity index (χ2n) is 6.99. The predicted octanol–water partition coefficient (Wildman–Crippen LogP) is 2.47. The number of amides is 1. The highest BCUT2D eigenvalue weighted by Gasteiger charge is 2.22. The van der Waals surface area contributed by atoms with Crippen molar-refractivity contribution in [1.29, 1.82) is 0 Å². The summed E-state index contributed by atoms with van der Waals surface area (Å²) in [5, 5.41) is 14.4. The van der Waals surface area contributed by atoms with Gasteiger partial charge in [-0.3, -0.25) is 9.69 Å². The zero-order valence-electron chi connectivity index (χ0n) is 15.3. The Morgan fingerprint density at radius 3 is 2.59 bits per heavy atom. The molecule has 1 fully saturated rings. The topological polar surface area (TPSA) is 75.4 Å². The fraction of sp³-hybridized carbons (Fsp3) is 0.400. The largest absolute Gasteiger partial charge is 0.350 e. The Bertz CT molecular complexity index is 886. The molecule has 1 saturated heterocycles. The highest BCUT2D eigenvalue weighted by atomic mass is 16.1. The SMILES string of the molecule is O=C(NCC(c1ccccc1)N1CCCCCC1)c1ccc2nnnn2c1. The Labute approximate surface area is 158 Å². The van der Waals surface area contributed by atoms with E-state index in [0.717, 1.165) is 13.1 Å². The summed E-state index contributed by atoms with van der Waals surface area (Å²) in [4.78, 5) is 15.2. The van der Waals surface area contributed by atoms with E-state index in [2.05, 4.69) is 50.0 Å². The van der Waals surface area contributed by atoms with Gasteiger partial charge in [-0.25, -0.2) is 0 Å². The van der Waals surface area contributed by atoms with Gasteiger partial charge in [-0.15, -0.1) is 5.10 Å². The number of fused-ring (bicyclic) bond motifs is 1. The number of pyridine rings is 1. The zero-order chi connectivity index (χ0) is 18.5. The summed E-state index contributed by atoms with van der Waals surface area (Å²) >= 11 is 0. The molecule has 1 aliphatic rings. The average Bonchev–Trinajstić information content (AvgIpc) is 3.02. The monoisotopic (exact) mass is 364 g/mol. The van der Waals surface area contributed by atoms with E-state index in [1.54, 1.807) is 18.3 Å². The molecule has 0 saturated carbocycles. The fourth-order valence-corrected chi connectivity index (χ4v) is 3.71. The maximum Gasteiger partial charge on any atom is 0.252 e. The van der Waals surface area contributed by atoms with E-state index in [4.69, 9.17) is 0 Å². The van der Waals surface area contributed by atoms with Crippen molar-refractivity contribution in [2.75, 3.05) is 19.6 Å². The van der Waals surface area contributed by atoms with Gasteiger partial charge in [0.1, 0.15) is 0 Å². The first-order valence-corrected chi connectivity index (χ1v) is 9.56. The van der Waals surface area contributed by atoms with E-state index in [1.165, 1.54) is 35.8 Å². The van der Waals surface area contributed by atoms with Crippen LogP contribution < -0.4 is 5.32 Å². The summed E-state index contributed by atoms with van der Waals surface area (Å²) in [5.41, 5.74) is 2.42. The maximum atomic E-state index is 12.7. The Kier molecular flexibility index (Phi) is 5.39. The molecule has 1 N–H and O–H groups in total. The van der Waals surface area contributed by atoms with Crippen LogP contribution in [-0.4, -0.2) is 50.5 Å². The van der Waals surface area contributed by atoms with Crippen LogP contribution in [0.25, 0.3) is 5.65 Å². The molecular formula is C20H24N6O. The first kappa shape index (κ1) is 17.6. The molecule has 3 heterocycles. The molecule has 140 valence electrons. The lowest BCUT2D eigenvalue weighted by Gasteiger charge is -2.31. The third-order valence-corrected chi connectivity index (χ3v) is 5.18. The van der Waals surface area contributed by atoms with Crippen LogP contribution >= 0.6 is 0 Å². The van der Waals surface area contributed by atoms with Crippen LogP contribution in [0.5, 0.6) is 0 Å². The maximum absolute atomic E-state index is 12.7. The van der Waals surface area contributed by atoms with Gasteiger partial charge in [-0.1, -0.05) is 43.2 Å². The normalized spacial score (nSPS) is 16.7. The molecule has 1 unspecified atom stereocenters. The van der Waals surface area contributed by atoms with E-state index in [-0.39, 0.29) is 11.9 Å². The van der Waals surface area contributed by atoms with E-state index in [1.807, 2.05) is 6.07 Å². The Balaban J connectivity index is 1.49. The molecular weight excluding hydrogens is 340 g/mol. The third kappa shape index (κ3) is 4.14. The van der Waals surface area contributed by atoms with E-state index in [0.29, 0.717) is 17.8 Å². The number of nitrogens with zero attached hydrogens (tertiary/aromatic N) is 5. The smallest absolute Gasteiger partial charge is 0.252 e. The molecule has 7 nitrogen and oxygen atoms in total. The second-order valence-corrected chi connectivity index (χ2v) is 6.99. The Hall–Kier alpha value is -2.80. The van der Waals surface area contributed by atoms with Gasteiger partial charge in [0.2, 0.25) is 0 Å². The van der Waals surface area contributed by atoms with E-state index >= 15 is 0 Å². The molecule has 4 rings (SSSR count). The number of hydrogen-bond donors (Lipinski definition) is 1. The molecule has 0 bridgehead atoms. The third-order valence-electron chi connectivity index (χ3n) is 5.18. The van der Waals surface area contributed by atoms with Crippen LogP contribution in [0.1, 0.15) is 47.6 Å². The number of carbonyl (C=O) groups is 1. The molecule has 0 radical (unpaired) electrons. The van der Waals surface area contributed by atoms with Gasteiger partial charge in [0.25, 0.3) is 5.91 Å². The standard InChI is InChI=1S/C20H24N6O/c27-20(17-10-11-19-22-23-24-26(19)15-17)21-14-18(16-8-4-3-5-9-16)25-12-6-1-2-7-13-25/h3-5,8-11,15,18H,1-2,6-7,12-14H2,(H,21,27). The second kappa shape index (κ2) is 8.26. The van der Waals surface area contributed by atoms with Crippen LogP contribution in [-0.2, 0) is 0 Å². The van der Waals surface area contributed by atoms with Crippen molar-refractivity contribution < 1.29 is 4.79 Å². The number of tetrazole rings is 1. The molecule has 7 heteroatoms. The molecule has 27 heavy (non-hydrogen) atoms. The number of nitrogens with one attached hydrogen (secondary N) is 1. The summed E-state index contributed by atoms with van der Waals surface area (Å²) in [7, 11) is 0. The highest BCUT2D eigenvalue weighted by Crippen LogP contribution is 2.23. The van der Waals surface area contributed by atoms with Gasteiger partial charge in [-0.05, 0) is 54.1 Å². The van der Waals surface area contributed by atoms with Crippen LogP contribution in [0, 0.1) is 0 Å². The highest BCUT2D eigenvalue weighted by molar-refractivity contribution is 5.94. The summed E-state index contributed by atoms with van der Waals surface area (Å²) in [6, 6.07) is 14.1. The lowest BCUT2D eigenvalue weighted by atomic mass is 10.0. The average molecular weight is 364 g/mol. The van der Waals surface area contributed by atoms with Crippen molar-refractivity contribution in [2.45, 2.75) is 31.7 Å². The van der Waals surface area contributed by atoms with Crippen molar-refractivity contribution in [2.24, 2.45) is 0 Å². The van der Waals surface area contributed by atoms with Gasteiger partial charge in [0.15, 0.2) is 5.65 Å². The number of likely N-dealkylation sites (tertiary alicyclic amines) is 1. The summed E-state index contributed by atoms with van der Waals surface area (Å²) in [6.07, 6.45) is 6.67. The molecule has 1 aromatic carbocycles. The van der Waals surface area contributed by atoms with Crippen LogP contribution in [0.4, 0.5) is 0 Å². The molecule has 0 aliphatic carbocycles. The van der Waals surface area contributed by atoms with Crippen molar-refractivity contribution in [3.05, 3.63) is 59.8 Å². The number of hydrogen-bond acceptors (Lipinski definition) is 5. The number of carbonyl (C=O) groups excluding carboxylic acids is 1. The minimum absolute atomic E-state index is 0.108. The van der Waals surface area contributed by atoms with E-state index in [9.17, 15) is 4.79 Å². The van der Waals surface area contributed by atoms with Gasteiger partial charge in [0, 0.05) is 12.7 Å². The van der Waals surface area contributed by atoms with Gasteiger partial charge < -0.3 is 5.32 Å². The summed E-state index contributed by atoms with van der Waals surface area (Å²) < 4.78 is 1.51. The first-order valence-electron chi connectivity index (χ1n) is 9.56. The quantitative estimate of drug-likeness (QED) is 0.753. The molecule has 1 amide bonds. The van der Waals surface area contributed by atoms with Gasteiger partial charge in [0.05, 0.1) is 11.6 Å². The van der Waals surface area contributed by atoms with Gasteiger partial charge >= 0.3 is 0 Å². The summed E-state index contributed by atoms with van der Waals surface area (Å²) in [6.45, 7) is 2.73. The number of rotatable bonds is 5.